The molecular formula is C10H18O5. The van der Waals surface area contributed by atoms with Crippen LogP contribution in [0.25, 0.3) is 0 Å². The number of ether oxygens (including phenoxy) is 4. The molecule has 0 amide bonds. The minimum atomic E-state index is -0.395. The van der Waals surface area contributed by atoms with E-state index in [9.17, 15) is 4.79 Å². The van der Waals surface area contributed by atoms with Crippen LogP contribution in [0.3, 0.4) is 0 Å². The SMILES string of the molecule is COC1C(C)OCC(OC(C)=O)C1OC. The van der Waals surface area contributed by atoms with Gasteiger partial charge in [-0.1, -0.05) is 0 Å². The van der Waals surface area contributed by atoms with Gasteiger partial charge in [0.15, 0.2) is 6.10 Å². The summed E-state index contributed by atoms with van der Waals surface area (Å²) in [5.74, 6) is -0.338. The number of methoxy groups -OCH3 is 2. The van der Waals surface area contributed by atoms with Crippen molar-refractivity contribution in [1.29, 1.82) is 0 Å². The van der Waals surface area contributed by atoms with Gasteiger partial charge in [0.1, 0.15) is 12.2 Å². The molecule has 1 aliphatic heterocycles. The van der Waals surface area contributed by atoms with E-state index in [-0.39, 0.29) is 24.3 Å². The Labute approximate surface area is 89.6 Å². The van der Waals surface area contributed by atoms with Gasteiger partial charge in [0, 0.05) is 21.1 Å². The summed E-state index contributed by atoms with van der Waals surface area (Å²) in [7, 11) is 3.16. The van der Waals surface area contributed by atoms with Crippen molar-refractivity contribution in [1.82, 2.24) is 0 Å². The van der Waals surface area contributed by atoms with E-state index < -0.39 is 6.10 Å². The van der Waals surface area contributed by atoms with Crippen LogP contribution in [-0.4, -0.2) is 51.2 Å². The third kappa shape index (κ3) is 2.90. The lowest BCUT2D eigenvalue weighted by Gasteiger charge is -2.39. The molecule has 0 spiro atoms. The number of carbonyl (C=O) groups is 1. The Balaban J connectivity index is 2.68. The first-order chi connectivity index (χ1) is 7.10. The molecule has 1 rings (SSSR count). The van der Waals surface area contributed by atoms with Gasteiger partial charge in [-0.15, -0.1) is 0 Å². The number of rotatable bonds is 3. The van der Waals surface area contributed by atoms with E-state index in [1.807, 2.05) is 6.92 Å². The van der Waals surface area contributed by atoms with Gasteiger partial charge in [0.05, 0.1) is 12.7 Å². The van der Waals surface area contributed by atoms with Crippen LogP contribution in [0.1, 0.15) is 13.8 Å². The molecule has 1 aliphatic rings. The van der Waals surface area contributed by atoms with Crippen molar-refractivity contribution in [2.45, 2.75) is 38.3 Å². The summed E-state index contributed by atoms with van der Waals surface area (Å²) in [6, 6.07) is 0. The van der Waals surface area contributed by atoms with Crippen LogP contribution in [0.15, 0.2) is 0 Å². The van der Waals surface area contributed by atoms with Crippen LogP contribution in [-0.2, 0) is 23.7 Å². The average Bonchev–Trinajstić information content (AvgIpc) is 2.19. The normalized spacial score (nSPS) is 36.3. The maximum atomic E-state index is 10.9. The molecule has 0 aromatic rings. The predicted molar refractivity (Wildman–Crippen MR) is 52.6 cm³/mol. The lowest BCUT2D eigenvalue weighted by Crippen LogP contribution is -2.54. The second-order valence-corrected chi connectivity index (χ2v) is 3.59. The first-order valence-electron chi connectivity index (χ1n) is 4.94. The van der Waals surface area contributed by atoms with Crippen LogP contribution < -0.4 is 0 Å². The summed E-state index contributed by atoms with van der Waals surface area (Å²) in [6.45, 7) is 3.62. The Bertz CT molecular complexity index is 218. The molecule has 1 heterocycles. The summed E-state index contributed by atoms with van der Waals surface area (Å²) in [6.07, 6.45) is -0.948. The second kappa shape index (κ2) is 5.44. The zero-order chi connectivity index (χ0) is 11.4. The smallest absolute Gasteiger partial charge is 0.303 e. The minimum absolute atomic E-state index is 0.0632. The maximum absolute atomic E-state index is 10.9. The van der Waals surface area contributed by atoms with Gasteiger partial charge in [0.25, 0.3) is 0 Å². The molecule has 5 heteroatoms. The van der Waals surface area contributed by atoms with Crippen molar-refractivity contribution >= 4 is 5.97 Å². The number of hydrogen-bond acceptors (Lipinski definition) is 5. The van der Waals surface area contributed by atoms with Crippen molar-refractivity contribution in [3.63, 3.8) is 0 Å². The lowest BCUT2D eigenvalue weighted by atomic mass is 10.0. The Morgan fingerprint density at radius 2 is 1.87 bits per heavy atom. The van der Waals surface area contributed by atoms with Crippen LogP contribution in [0, 0.1) is 0 Å². The largest absolute Gasteiger partial charge is 0.457 e. The molecule has 88 valence electrons. The zero-order valence-corrected chi connectivity index (χ0v) is 9.56. The standard InChI is InChI=1S/C10H18O5/c1-6-9(12-3)10(13-4)8(5-14-6)15-7(2)11/h6,8-10H,5H2,1-4H3. The molecule has 1 fully saturated rings. The topological polar surface area (TPSA) is 54.0 Å². The minimum Gasteiger partial charge on any atom is -0.457 e. The highest BCUT2D eigenvalue weighted by molar-refractivity contribution is 5.66. The van der Waals surface area contributed by atoms with Gasteiger partial charge < -0.3 is 18.9 Å². The summed E-state index contributed by atoms with van der Waals surface area (Å²) >= 11 is 0. The molecule has 0 aromatic carbocycles. The van der Waals surface area contributed by atoms with Crippen molar-refractivity contribution < 1.29 is 23.7 Å². The van der Waals surface area contributed by atoms with Crippen LogP contribution in [0.2, 0.25) is 0 Å². The molecule has 0 bridgehead atoms. The number of esters is 1. The molecule has 5 nitrogen and oxygen atoms in total. The van der Waals surface area contributed by atoms with E-state index in [0.29, 0.717) is 6.61 Å². The lowest BCUT2D eigenvalue weighted by molar-refractivity contribution is -0.213. The molecule has 4 atom stereocenters. The first kappa shape index (κ1) is 12.4. The molecule has 4 unspecified atom stereocenters. The fourth-order valence-electron chi connectivity index (χ4n) is 1.84. The van der Waals surface area contributed by atoms with Crippen molar-refractivity contribution in [2.75, 3.05) is 20.8 Å². The van der Waals surface area contributed by atoms with E-state index >= 15 is 0 Å². The summed E-state index contributed by atoms with van der Waals surface area (Å²) < 4.78 is 21.1. The third-order valence-corrected chi connectivity index (χ3v) is 2.54. The summed E-state index contributed by atoms with van der Waals surface area (Å²) in [4.78, 5) is 10.9. The van der Waals surface area contributed by atoms with E-state index in [2.05, 4.69) is 0 Å². The van der Waals surface area contributed by atoms with Crippen molar-refractivity contribution in [3.05, 3.63) is 0 Å². The van der Waals surface area contributed by atoms with Gasteiger partial charge in [0.2, 0.25) is 0 Å². The van der Waals surface area contributed by atoms with E-state index in [1.165, 1.54) is 6.92 Å². The van der Waals surface area contributed by atoms with Crippen LogP contribution in [0.5, 0.6) is 0 Å². The quantitative estimate of drug-likeness (QED) is 0.640. The highest BCUT2D eigenvalue weighted by atomic mass is 16.6. The molecule has 0 N–H and O–H groups in total. The van der Waals surface area contributed by atoms with Crippen LogP contribution >= 0.6 is 0 Å². The van der Waals surface area contributed by atoms with Gasteiger partial charge in [-0.25, -0.2) is 0 Å². The molecular weight excluding hydrogens is 200 g/mol. The second-order valence-electron chi connectivity index (χ2n) is 3.59. The fraction of sp³-hybridized carbons (Fsp3) is 0.900. The molecule has 0 radical (unpaired) electrons. The molecule has 0 aromatic heterocycles. The van der Waals surface area contributed by atoms with Gasteiger partial charge in [-0.05, 0) is 6.92 Å². The highest BCUT2D eigenvalue weighted by Gasteiger charge is 2.40. The highest BCUT2D eigenvalue weighted by Crippen LogP contribution is 2.22. The predicted octanol–water partition coefficient (Wildman–Crippen LogP) is 0.367. The third-order valence-electron chi connectivity index (χ3n) is 2.54. The molecule has 0 saturated carbocycles. The summed E-state index contributed by atoms with van der Waals surface area (Å²) in [5.41, 5.74) is 0. The molecule has 15 heavy (non-hydrogen) atoms. The molecule has 1 saturated heterocycles. The fourth-order valence-corrected chi connectivity index (χ4v) is 1.84. The van der Waals surface area contributed by atoms with E-state index in [4.69, 9.17) is 18.9 Å². The van der Waals surface area contributed by atoms with Gasteiger partial charge in [-0.3, -0.25) is 4.79 Å². The Kier molecular flexibility index (Phi) is 4.50. The number of hydrogen-bond donors (Lipinski definition) is 0. The average molecular weight is 218 g/mol. The Morgan fingerprint density at radius 1 is 1.27 bits per heavy atom. The van der Waals surface area contributed by atoms with E-state index in [1.54, 1.807) is 14.2 Å². The monoisotopic (exact) mass is 218 g/mol. The maximum Gasteiger partial charge on any atom is 0.303 e. The molecule has 0 aliphatic carbocycles. The van der Waals surface area contributed by atoms with E-state index in [0.717, 1.165) is 0 Å². The van der Waals surface area contributed by atoms with Crippen molar-refractivity contribution in [2.24, 2.45) is 0 Å². The Hall–Kier alpha value is -0.650. The van der Waals surface area contributed by atoms with Gasteiger partial charge in [-0.2, -0.15) is 0 Å². The zero-order valence-electron chi connectivity index (χ0n) is 9.56. The Morgan fingerprint density at radius 3 is 2.33 bits per heavy atom. The van der Waals surface area contributed by atoms with Gasteiger partial charge >= 0.3 is 5.97 Å². The van der Waals surface area contributed by atoms with Crippen molar-refractivity contribution in [3.8, 4) is 0 Å². The van der Waals surface area contributed by atoms with Crippen LogP contribution in [0.4, 0.5) is 0 Å². The number of carbonyl (C=O) groups excluding carboxylic acids is 1. The summed E-state index contributed by atoms with van der Waals surface area (Å²) in [5, 5.41) is 0. The first-order valence-corrected chi connectivity index (χ1v) is 4.94.